The van der Waals surface area contributed by atoms with Gasteiger partial charge in [0.15, 0.2) is 0 Å². The molecular weight excluding hydrogens is 149 g/mol. The third kappa shape index (κ3) is 6.43. The first-order valence-electron chi connectivity index (χ1n) is 3.31. The van der Waals surface area contributed by atoms with Gasteiger partial charge in [-0.2, -0.15) is 0 Å². The Balaban J connectivity index is 3.12. The van der Waals surface area contributed by atoms with Crippen molar-refractivity contribution in [3.8, 4) is 0 Å². The minimum atomic E-state index is -0.333. The fraction of sp³-hybridized carbons (Fsp3) is 1.00. The van der Waals surface area contributed by atoms with Crippen molar-refractivity contribution in [1.82, 2.24) is 4.90 Å². The molecule has 0 fully saturated rings. The van der Waals surface area contributed by atoms with Gasteiger partial charge in [0.1, 0.15) is 0 Å². The molecule has 0 amide bonds. The number of aliphatic hydroxyl groups is 1. The van der Waals surface area contributed by atoms with Crippen molar-refractivity contribution in [2.75, 3.05) is 27.2 Å². The molecule has 0 radical (unpaired) electrons. The van der Waals surface area contributed by atoms with Gasteiger partial charge in [0.05, 0.1) is 12.7 Å². The Morgan fingerprint density at radius 3 is 2.60 bits per heavy atom. The number of nitrogens with zero attached hydrogens (tertiary/aromatic N) is 1. The second kappa shape index (κ2) is 6.05. The van der Waals surface area contributed by atoms with Crippen LogP contribution in [0.4, 0.5) is 0 Å². The molecule has 0 aromatic carbocycles. The molecule has 62 valence electrons. The molecule has 3 nitrogen and oxygen atoms in total. The molecule has 4 heteroatoms. The standard InChI is InChI=1S/C6H16NO2P/c1-7(2)4-3-6(8)5-9-10/h6,8H,3-5,10H2,1-2H3/t6-/m0/s1. The lowest BCUT2D eigenvalue weighted by Crippen LogP contribution is -2.21. The average Bonchev–Trinajstić information content (AvgIpc) is 1.85. The highest BCUT2D eigenvalue weighted by Gasteiger charge is 2.02. The van der Waals surface area contributed by atoms with E-state index in [0.29, 0.717) is 6.61 Å². The maximum Gasteiger partial charge on any atom is 0.0789 e. The third-order valence-electron chi connectivity index (χ3n) is 1.20. The van der Waals surface area contributed by atoms with Crippen molar-refractivity contribution in [1.29, 1.82) is 0 Å². The molecule has 0 saturated heterocycles. The van der Waals surface area contributed by atoms with Crippen molar-refractivity contribution in [2.24, 2.45) is 0 Å². The lowest BCUT2D eigenvalue weighted by molar-refractivity contribution is 0.102. The Labute approximate surface area is 64.6 Å². The minimum Gasteiger partial charge on any atom is -0.391 e. The second-order valence-corrected chi connectivity index (χ2v) is 2.91. The maximum atomic E-state index is 9.13. The van der Waals surface area contributed by atoms with E-state index < -0.39 is 0 Å². The first-order valence-corrected chi connectivity index (χ1v) is 3.78. The predicted molar refractivity (Wildman–Crippen MR) is 44.8 cm³/mol. The topological polar surface area (TPSA) is 32.7 Å². The van der Waals surface area contributed by atoms with Crippen LogP contribution >= 0.6 is 9.47 Å². The molecule has 1 unspecified atom stereocenters. The highest BCUT2D eigenvalue weighted by Crippen LogP contribution is 1.96. The van der Waals surface area contributed by atoms with Crippen LogP contribution in [0.15, 0.2) is 0 Å². The van der Waals surface area contributed by atoms with Gasteiger partial charge in [-0.25, -0.2) is 0 Å². The molecular formula is C6H16NO2P. The molecule has 0 aromatic heterocycles. The molecule has 0 aliphatic rings. The summed E-state index contributed by atoms with van der Waals surface area (Å²) in [4.78, 5) is 2.03. The van der Waals surface area contributed by atoms with E-state index in [1.165, 1.54) is 0 Å². The summed E-state index contributed by atoms with van der Waals surface area (Å²) in [5.74, 6) is 0. The van der Waals surface area contributed by atoms with E-state index in [1.807, 2.05) is 19.0 Å². The van der Waals surface area contributed by atoms with Gasteiger partial charge in [-0.1, -0.05) is 0 Å². The average molecular weight is 165 g/mol. The van der Waals surface area contributed by atoms with Gasteiger partial charge in [-0.3, -0.25) is 0 Å². The van der Waals surface area contributed by atoms with E-state index in [2.05, 4.69) is 14.0 Å². The molecule has 0 aromatic rings. The van der Waals surface area contributed by atoms with Gasteiger partial charge in [0, 0.05) is 16.0 Å². The SMILES string of the molecule is CN(C)CC[C@H](O)COP. The fourth-order valence-corrected chi connectivity index (χ4v) is 0.824. The molecule has 2 atom stereocenters. The van der Waals surface area contributed by atoms with Crippen LogP contribution in [-0.2, 0) is 4.52 Å². The van der Waals surface area contributed by atoms with Crippen LogP contribution < -0.4 is 0 Å². The number of hydrogen-bond acceptors (Lipinski definition) is 3. The smallest absolute Gasteiger partial charge is 0.0789 e. The summed E-state index contributed by atoms with van der Waals surface area (Å²) in [7, 11) is 6.08. The van der Waals surface area contributed by atoms with E-state index in [4.69, 9.17) is 5.11 Å². The number of rotatable bonds is 5. The lowest BCUT2D eigenvalue weighted by Gasteiger charge is -2.12. The Bertz CT molecular complexity index is 80.1. The summed E-state index contributed by atoms with van der Waals surface area (Å²) in [6.45, 7) is 1.30. The van der Waals surface area contributed by atoms with Crippen LogP contribution in [0.25, 0.3) is 0 Å². The molecule has 0 bridgehead atoms. The first-order chi connectivity index (χ1) is 4.66. The van der Waals surface area contributed by atoms with Crippen molar-refractivity contribution in [3.05, 3.63) is 0 Å². The van der Waals surface area contributed by atoms with Crippen LogP contribution in [0.5, 0.6) is 0 Å². The summed E-state index contributed by atoms with van der Waals surface area (Å²) in [6.07, 6.45) is 0.432. The largest absolute Gasteiger partial charge is 0.391 e. The second-order valence-electron chi connectivity index (χ2n) is 2.58. The summed E-state index contributed by atoms with van der Waals surface area (Å²) in [5.41, 5.74) is 0. The Kier molecular flexibility index (Phi) is 6.24. The van der Waals surface area contributed by atoms with Gasteiger partial charge < -0.3 is 14.5 Å². The van der Waals surface area contributed by atoms with Gasteiger partial charge >= 0.3 is 0 Å². The van der Waals surface area contributed by atoms with Crippen LogP contribution in [0.1, 0.15) is 6.42 Å². The first kappa shape index (κ1) is 10.3. The third-order valence-corrected chi connectivity index (χ3v) is 1.39. The molecule has 1 N–H and O–H groups in total. The van der Waals surface area contributed by atoms with Gasteiger partial charge in [0.25, 0.3) is 0 Å². The molecule has 10 heavy (non-hydrogen) atoms. The molecule has 0 aliphatic carbocycles. The Hall–Kier alpha value is 0.310. The quantitative estimate of drug-likeness (QED) is 0.587. The van der Waals surface area contributed by atoms with Crippen LogP contribution in [-0.4, -0.2) is 43.4 Å². The monoisotopic (exact) mass is 165 g/mol. The summed E-state index contributed by atoms with van der Waals surface area (Å²) >= 11 is 0. The van der Waals surface area contributed by atoms with Crippen LogP contribution in [0.2, 0.25) is 0 Å². The summed E-state index contributed by atoms with van der Waals surface area (Å²) < 4.78 is 4.68. The zero-order chi connectivity index (χ0) is 7.98. The number of hydrogen-bond donors (Lipinski definition) is 1. The van der Waals surface area contributed by atoms with E-state index in [1.54, 1.807) is 0 Å². The molecule has 0 aliphatic heterocycles. The fourth-order valence-electron chi connectivity index (χ4n) is 0.602. The highest BCUT2D eigenvalue weighted by atomic mass is 31.0. The van der Waals surface area contributed by atoms with Gasteiger partial charge in [-0.05, 0) is 20.5 Å². The number of aliphatic hydroxyl groups excluding tert-OH is 1. The summed E-state index contributed by atoms with van der Waals surface area (Å²) in [5, 5.41) is 9.13. The van der Waals surface area contributed by atoms with Crippen molar-refractivity contribution in [2.45, 2.75) is 12.5 Å². The summed E-state index contributed by atoms with van der Waals surface area (Å²) in [6, 6.07) is 0. The van der Waals surface area contributed by atoms with Crippen molar-refractivity contribution < 1.29 is 9.63 Å². The molecule has 0 spiro atoms. The van der Waals surface area contributed by atoms with E-state index in [9.17, 15) is 0 Å². The maximum absolute atomic E-state index is 9.13. The van der Waals surface area contributed by atoms with Crippen molar-refractivity contribution >= 4 is 9.47 Å². The van der Waals surface area contributed by atoms with E-state index in [-0.39, 0.29) is 6.10 Å². The Morgan fingerprint density at radius 2 is 2.20 bits per heavy atom. The van der Waals surface area contributed by atoms with Gasteiger partial charge in [0.2, 0.25) is 0 Å². The van der Waals surface area contributed by atoms with Crippen LogP contribution in [0.3, 0.4) is 0 Å². The molecule has 0 rings (SSSR count). The lowest BCUT2D eigenvalue weighted by atomic mass is 10.2. The highest BCUT2D eigenvalue weighted by molar-refractivity contribution is 7.09. The zero-order valence-corrected chi connectivity index (χ0v) is 7.73. The predicted octanol–water partition coefficient (Wildman–Crippen LogP) is 0.106. The van der Waals surface area contributed by atoms with E-state index in [0.717, 1.165) is 13.0 Å². The van der Waals surface area contributed by atoms with Crippen molar-refractivity contribution in [3.63, 3.8) is 0 Å². The molecule has 0 heterocycles. The normalized spacial score (nSPS) is 14.1. The molecule has 0 saturated carbocycles. The van der Waals surface area contributed by atoms with Crippen LogP contribution in [0, 0.1) is 0 Å². The van der Waals surface area contributed by atoms with E-state index >= 15 is 0 Å². The minimum absolute atomic E-state index is 0.333. The Morgan fingerprint density at radius 1 is 1.60 bits per heavy atom. The van der Waals surface area contributed by atoms with Gasteiger partial charge in [-0.15, -0.1) is 0 Å². The zero-order valence-electron chi connectivity index (χ0n) is 6.58.